The van der Waals surface area contributed by atoms with Crippen LogP contribution in [0.15, 0.2) is 35.7 Å². The van der Waals surface area contributed by atoms with Gasteiger partial charge in [0.1, 0.15) is 12.4 Å². The smallest absolute Gasteiger partial charge is 0.264 e. The molecule has 0 spiro atoms. The lowest BCUT2D eigenvalue weighted by atomic mass is 10.3. The average molecular weight is 385 g/mol. The van der Waals surface area contributed by atoms with Crippen LogP contribution in [0.1, 0.15) is 9.67 Å². The summed E-state index contributed by atoms with van der Waals surface area (Å²) in [6.07, 6.45) is 0. The van der Waals surface area contributed by atoms with Crippen LogP contribution in [0.4, 0.5) is 0 Å². The van der Waals surface area contributed by atoms with E-state index in [1.807, 2.05) is 22.4 Å². The molecule has 0 unspecified atom stereocenters. The maximum absolute atomic E-state index is 12.3. The number of benzene rings is 1. The molecule has 1 aromatic carbocycles. The minimum Gasteiger partial charge on any atom is -0.491 e. The molecule has 2 aromatic rings. The van der Waals surface area contributed by atoms with E-state index in [1.54, 1.807) is 18.2 Å². The summed E-state index contributed by atoms with van der Waals surface area (Å²) in [5, 5.41) is 3.10. The van der Waals surface area contributed by atoms with Gasteiger partial charge in [0.25, 0.3) is 5.91 Å². The Morgan fingerprint density at radius 1 is 1.17 bits per heavy atom. The zero-order valence-corrected chi connectivity index (χ0v) is 15.4. The van der Waals surface area contributed by atoms with Crippen molar-refractivity contribution in [3.63, 3.8) is 0 Å². The number of carbonyl (C=O) groups excluding carboxylic acids is 1. The van der Waals surface area contributed by atoms with Crippen LogP contribution in [0.2, 0.25) is 10.0 Å². The Labute approximate surface area is 155 Å². The first-order valence-corrected chi connectivity index (χ1v) is 9.40. The minimum absolute atomic E-state index is 0.131. The molecule has 0 radical (unpaired) electrons. The van der Waals surface area contributed by atoms with Gasteiger partial charge in [-0.25, -0.2) is 0 Å². The Morgan fingerprint density at radius 3 is 2.67 bits per heavy atom. The van der Waals surface area contributed by atoms with Gasteiger partial charge in [-0.15, -0.1) is 11.3 Å². The highest BCUT2D eigenvalue weighted by Gasteiger charge is 2.22. The first kappa shape index (κ1) is 17.5. The molecule has 1 aliphatic heterocycles. The van der Waals surface area contributed by atoms with E-state index in [0.717, 1.165) is 37.6 Å². The molecule has 128 valence electrons. The van der Waals surface area contributed by atoms with Gasteiger partial charge in [-0.3, -0.25) is 9.69 Å². The highest BCUT2D eigenvalue weighted by atomic mass is 35.5. The van der Waals surface area contributed by atoms with Crippen LogP contribution in [0.25, 0.3) is 0 Å². The molecule has 0 saturated carbocycles. The van der Waals surface area contributed by atoms with Crippen molar-refractivity contribution in [1.29, 1.82) is 0 Å². The van der Waals surface area contributed by atoms with Gasteiger partial charge >= 0.3 is 0 Å². The molecule has 1 aromatic heterocycles. The fourth-order valence-electron chi connectivity index (χ4n) is 2.60. The highest BCUT2D eigenvalue weighted by molar-refractivity contribution is 7.12. The molecule has 24 heavy (non-hydrogen) atoms. The van der Waals surface area contributed by atoms with Gasteiger partial charge in [-0.1, -0.05) is 29.3 Å². The van der Waals surface area contributed by atoms with Crippen molar-refractivity contribution >= 4 is 40.4 Å². The number of thiophene rings is 1. The Kier molecular flexibility index (Phi) is 6.00. The molecule has 1 amide bonds. The summed E-state index contributed by atoms with van der Waals surface area (Å²) in [6.45, 7) is 4.53. The average Bonchev–Trinajstić information content (AvgIpc) is 3.12. The molecule has 4 nitrogen and oxygen atoms in total. The van der Waals surface area contributed by atoms with Gasteiger partial charge in [0.05, 0.1) is 9.90 Å². The van der Waals surface area contributed by atoms with E-state index in [0.29, 0.717) is 22.4 Å². The minimum atomic E-state index is 0.131. The molecule has 2 heterocycles. The third kappa shape index (κ3) is 4.42. The number of halogens is 2. The summed E-state index contributed by atoms with van der Waals surface area (Å²) in [5.74, 6) is 0.738. The number of hydrogen-bond acceptors (Lipinski definition) is 4. The molecule has 1 fully saturated rings. The maximum atomic E-state index is 12.3. The molecule has 0 aliphatic carbocycles. The number of carbonyl (C=O) groups is 1. The van der Waals surface area contributed by atoms with Crippen LogP contribution in [0.5, 0.6) is 5.75 Å². The third-order valence-corrected chi connectivity index (χ3v) is 5.35. The van der Waals surface area contributed by atoms with E-state index < -0.39 is 0 Å². The van der Waals surface area contributed by atoms with Gasteiger partial charge in [0.2, 0.25) is 0 Å². The van der Waals surface area contributed by atoms with Gasteiger partial charge in [-0.05, 0) is 23.6 Å². The van der Waals surface area contributed by atoms with Gasteiger partial charge in [-0.2, -0.15) is 0 Å². The summed E-state index contributed by atoms with van der Waals surface area (Å²) in [5.41, 5.74) is 0. The van der Waals surface area contributed by atoms with E-state index >= 15 is 0 Å². The van der Waals surface area contributed by atoms with Gasteiger partial charge in [0, 0.05) is 43.8 Å². The third-order valence-electron chi connectivity index (χ3n) is 3.95. The SMILES string of the molecule is O=C(c1cccs1)N1CCN(CCOc2cc(Cl)ccc2Cl)CC1. The van der Waals surface area contributed by atoms with Crippen LogP contribution in [0, 0.1) is 0 Å². The number of amides is 1. The number of hydrogen-bond donors (Lipinski definition) is 0. The topological polar surface area (TPSA) is 32.8 Å². The number of ether oxygens (including phenoxy) is 1. The van der Waals surface area contributed by atoms with Crippen molar-refractivity contribution in [2.45, 2.75) is 0 Å². The van der Waals surface area contributed by atoms with E-state index in [2.05, 4.69) is 4.90 Å². The van der Waals surface area contributed by atoms with Crippen molar-refractivity contribution in [2.24, 2.45) is 0 Å². The normalized spacial score (nSPS) is 15.5. The van der Waals surface area contributed by atoms with Crippen molar-refractivity contribution in [1.82, 2.24) is 9.80 Å². The Morgan fingerprint density at radius 2 is 1.96 bits per heavy atom. The quantitative estimate of drug-likeness (QED) is 0.783. The fraction of sp³-hybridized carbons (Fsp3) is 0.353. The molecule has 1 saturated heterocycles. The van der Waals surface area contributed by atoms with Crippen molar-refractivity contribution in [2.75, 3.05) is 39.3 Å². The standard InChI is InChI=1S/C17H18Cl2N2O2S/c18-13-3-4-14(19)15(12-13)23-10-9-20-5-7-21(8-6-20)17(22)16-2-1-11-24-16/h1-4,11-12H,5-10H2. The van der Waals surface area contributed by atoms with E-state index in [1.165, 1.54) is 11.3 Å². The Bertz CT molecular complexity index is 686. The lowest BCUT2D eigenvalue weighted by molar-refractivity contribution is 0.0625. The van der Waals surface area contributed by atoms with E-state index in [-0.39, 0.29) is 5.91 Å². The molecule has 1 aliphatic rings. The van der Waals surface area contributed by atoms with Gasteiger partial charge < -0.3 is 9.64 Å². The maximum Gasteiger partial charge on any atom is 0.264 e. The van der Waals surface area contributed by atoms with Crippen LogP contribution in [-0.4, -0.2) is 55.0 Å². The monoisotopic (exact) mass is 384 g/mol. The fourth-order valence-corrected chi connectivity index (χ4v) is 3.63. The molecule has 0 bridgehead atoms. The molecular formula is C17H18Cl2N2O2S. The highest BCUT2D eigenvalue weighted by Crippen LogP contribution is 2.27. The number of piperazine rings is 1. The molecule has 0 atom stereocenters. The lowest BCUT2D eigenvalue weighted by Crippen LogP contribution is -2.49. The van der Waals surface area contributed by atoms with Crippen LogP contribution in [0.3, 0.4) is 0 Å². The second-order valence-electron chi connectivity index (χ2n) is 5.53. The lowest BCUT2D eigenvalue weighted by Gasteiger charge is -2.34. The molecule has 7 heteroatoms. The Hall–Kier alpha value is -1.27. The van der Waals surface area contributed by atoms with Crippen molar-refractivity contribution < 1.29 is 9.53 Å². The summed E-state index contributed by atoms with van der Waals surface area (Å²) in [4.78, 5) is 17.3. The van der Waals surface area contributed by atoms with Crippen LogP contribution < -0.4 is 4.74 Å². The van der Waals surface area contributed by atoms with Crippen LogP contribution in [-0.2, 0) is 0 Å². The molecule has 0 N–H and O–H groups in total. The van der Waals surface area contributed by atoms with Crippen molar-refractivity contribution in [3.05, 3.63) is 50.6 Å². The number of rotatable bonds is 5. The Balaban J connectivity index is 1.43. The summed E-state index contributed by atoms with van der Waals surface area (Å²) in [6, 6.07) is 8.98. The molecule has 3 rings (SSSR count). The largest absolute Gasteiger partial charge is 0.491 e. The zero-order chi connectivity index (χ0) is 16.9. The summed E-state index contributed by atoms with van der Waals surface area (Å²) in [7, 11) is 0. The predicted molar refractivity (Wildman–Crippen MR) is 98.6 cm³/mol. The van der Waals surface area contributed by atoms with Gasteiger partial charge in [0.15, 0.2) is 0 Å². The predicted octanol–water partition coefficient (Wildman–Crippen LogP) is 3.89. The van der Waals surface area contributed by atoms with E-state index in [4.69, 9.17) is 27.9 Å². The second-order valence-corrected chi connectivity index (χ2v) is 7.33. The second kappa shape index (κ2) is 8.21. The zero-order valence-electron chi connectivity index (χ0n) is 13.1. The summed E-state index contributed by atoms with van der Waals surface area (Å²) >= 11 is 13.5. The first-order chi connectivity index (χ1) is 11.6. The van der Waals surface area contributed by atoms with Crippen molar-refractivity contribution in [3.8, 4) is 5.75 Å². The molecular weight excluding hydrogens is 367 g/mol. The first-order valence-electron chi connectivity index (χ1n) is 7.76. The summed E-state index contributed by atoms with van der Waals surface area (Å²) < 4.78 is 5.72. The van der Waals surface area contributed by atoms with Crippen LogP contribution >= 0.6 is 34.5 Å². The number of nitrogens with zero attached hydrogens (tertiary/aromatic N) is 2. The van der Waals surface area contributed by atoms with E-state index in [9.17, 15) is 4.79 Å².